The van der Waals surface area contributed by atoms with E-state index in [9.17, 15) is 0 Å². The van der Waals surface area contributed by atoms with Gasteiger partial charge in [0.2, 0.25) is 0 Å². The third-order valence-electron chi connectivity index (χ3n) is 2.42. The number of anilines is 1. The van der Waals surface area contributed by atoms with Crippen molar-refractivity contribution in [3.05, 3.63) is 49.1 Å². The van der Waals surface area contributed by atoms with Gasteiger partial charge in [-0.25, -0.2) is 4.98 Å². The SMILES string of the molecule is Nc1cnccc1Sc1cccc2nccn12. The van der Waals surface area contributed by atoms with Crippen LogP contribution in [0.1, 0.15) is 0 Å². The summed E-state index contributed by atoms with van der Waals surface area (Å²) in [5.74, 6) is 0. The Bertz CT molecular complexity index is 662. The monoisotopic (exact) mass is 242 g/mol. The van der Waals surface area contributed by atoms with Crippen LogP contribution in [0, 0.1) is 0 Å². The van der Waals surface area contributed by atoms with Gasteiger partial charge >= 0.3 is 0 Å². The van der Waals surface area contributed by atoms with Crippen LogP contribution in [0.5, 0.6) is 0 Å². The van der Waals surface area contributed by atoms with E-state index in [0.717, 1.165) is 15.6 Å². The summed E-state index contributed by atoms with van der Waals surface area (Å²) in [6, 6.07) is 7.91. The minimum Gasteiger partial charge on any atom is -0.397 e. The number of rotatable bonds is 2. The largest absolute Gasteiger partial charge is 0.397 e. The lowest BCUT2D eigenvalue weighted by Crippen LogP contribution is -1.92. The maximum Gasteiger partial charge on any atom is 0.137 e. The highest BCUT2D eigenvalue weighted by molar-refractivity contribution is 7.99. The molecule has 4 nitrogen and oxygen atoms in total. The summed E-state index contributed by atoms with van der Waals surface area (Å²) in [4.78, 5) is 9.23. The Hall–Kier alpha value is -2.01. The van der Waals surface area contributed by atoms with Crippen LogP contribution in [0.25, 0.3) is 5.65 Å². The maximum atomic E-state index is 5.88. The van der Waals surface area contributed by atoms with Gasteiger partial charge in [0.15, 0.2) is 0 Å². The van der Waals surface area contributed by atoms with E-state index >= 15 is 0 Å². The second-order valence-corrected chi connectivity index (χ2v) is 4.60. The van der Waals surface area contributed by atoms with Gasteiger partial charge in [-0.2, -0.15) is 0 Å². The molecule has 17 heavy (non-hydrogen) atoms. The molecule has 0 unspecified atom stereocenters. The van der Waals surface area contributed by atoms with E-state index in [2.05, 4.69) is 9.97 Å². The number of nitrogens with two attached hydrogens (primary N) is 1. The molecule has 84 valence electrons. The van der Waals surface area contributed by atoms with E-state index < -0.39 is 0 Å². The molecule has 0 aromatic carbocycles. The van der Waals surface area contributed by atoms with Gasteiger partial charge < -0.3 is 5.73 Å². The predicted octanol–water partition coefficient (Wildman–Crippen LogP) is 2.46. The van der Waals surface area contributed by atoms with Crippen LogP contribution in [0.3, 0.4) is 0 Å². The number of aromatic nitrogens is 3. The lowest BCUT2D eigenvalue weighted by atomic mass is 10.4. The number of imidazole rings is 1. The molecule has 0 saturated carbocycles. The number of hydrogen-bond donors (Lipinski definition) is 1. The quantitative estimate of drug-likeness (QED) is 0.750. The topological polar surface area (TPSA) is 56.2 Å². The van der Waals surface area contributed by atoms with Crippen LogP contribution in [0.2, 0.25) is 0 Å². The number of pyridine rings is 2. The number of nitrogen functional groups attached to an aromatic ring is 1. The van der Waals surface area contributed by atoms with E-state index in [1.807, 2.05) is 34.9 Å². The van der Waals surface area contributed by atoms with Gasteiger partial charge in [-0.1, -0.05) is 17.8 Å². The van der Waals surface area contributed by atoms with Crippen molar-refractivity contribution < 1.29 is 0 Å². The molecule has 0 bridgehead atoms. The first-order chi connectivity index (χ1) is 8.34. The summed E-state index contributed by atoms with van der Waals surface area (Å²) < 4.78 is 2.03. The van der Waals surface area contributed by atoms with E-state index in [4.69, 9.17) is 5.73 Å². The van der Waals surface area contributed by atoms with E-state index in [1.165, 1.54) is 0 Å². The van der Waals surface area contributed by atoms with Gasteiger partial charge in [-0.05, 0) is 18.2 Å². The highest BCUT2D eigenvalue weighted by Gasteiger charge is 2.05. The van der Waals surface area contributed by atoms with Gasteiger partial charge in [0, 0.05) is 23.5 Å². The van der Waals surface area contributed by atoms with Crippen molar-refractivity contribution in [2.24, 2.45) is 0 Å². The third-order valence-corrected chi connectivity index (χ3v) is 3.55. The Morgan fingerprint density at radius 3 is 3.00 bits per heavy atom. The molecule has 3 heterocycles. The predicted molar refractivity (Wildman–Crippen MR) is 68.0 cm³/mol. The molecule has 0 aliphatic rings. The number of hydrogen-bond acceptors (Lipinski definition) is 4. The van der Waals surface area contributed by atoms with Crippen molar-refractivity contribution in [3.8, 4) is 0 Å². The zero-order valence-electron chi connectivity index (χ0n) is 8.95. The van der Waals surface area contributed by atoms with Crippen molar-refractivity contribution in [1.82, 2.24) is 14.4 Å². The van der Waals surface area contributed by atoms with Gasteiger partial charge in [0.25, 0.3) is 0 Å². The average Bonchev–Trinajstić information content (AvgIpc) is 2.81. The van der Waals surface area contributed by atoms with Crippen LogP contribution < -0.4 is 5.73 Å². The molecule has 3 rings (SSSR count). The van der Waals surface area contributed by atoms with E-state index in [-0.39, 0.29) is 0 Å². The molecular weight excluding hydrogens is 232 g/mol. The maximum absolute atomic E-state index is 5.88. The summed E-state index contributed by atoms with van der Waals surface area (Å²) in [5, 5.41) is 1.08. The molecule has 0 amide bonds. The average molecular weight is 242 g/mol. The first-order valence-electron chi connectivity index (χ1n) is 5.14. The van der Waals surface area contributed by atoms with Gasteiger partial charge in [0.05, 0.1) is 16.9 Å². The smallest absolute Gasteiger partial charge is 0.137 e. The van der Waals surface area contributed by atoms with Gasteiger partial charge in [-0.15, -0.1) is 0 Å². The second kappa shape index (κ2) is 4.10. The van der Waals surface area contributed by atoms with Crippen molar-refractivity contribution >= 4 is 23.1 Å². The molecule has 5 heteroatoms. The molecule has 2 N–H and O–H groups in total. The van der Waals surface area contributed by atoms with Crippen molar-refractivity contribution in [2.75, 3.05) is 5.73 Å². The van der Waals surface area contributed by atoms with Crippen LogP contribution in [-0.4, -0.2) is 14.4 Å². The van der Waals surface area contributed by atoms with Crippen LogP contribution in [0.4, 0.5) is 5.69 Å². The van der Waals surface area contributed by atoms with E-state index in [1.54, 1.807) is 30.4 Å². The third kappa shape index (κ3) is 1.85. The van der Waals surface area contributed by atoms with Crippen LogP contribution in [0.15, 0.2) is 59.0 Å². The molecular formula is C12H10N4S. The lowest BCUT2D eigenvalue weighted by Gasteiger charge is -2.06. The fourth-order valence-corrected chi connectivity index (χ4v) is 2.53. The minimum absolute atomic E-state index is 0.689. The Morgan fingerprint density at radius 2 is 2.12 bits per heavy atom. The van der Waals surface area contributed by atoms with Crippen molar-refractivity contribution in [3.63, 3.8) is 0 Å². The second-order valence-electron chi connectivity index (χ2n) is 3.54. The Kier molecular flexibility index (Phi) is 2.45. The zero-order chi connectivity index (χ0) is 11.7. The number of nitrogens with zero attached hydrogens (tertiary/aromatic N) is 3. The molecule has 0 spiro atoms. The van der Waals surface area contributed by atoms with Gasteiger partial charge in [-0.3, -0.25) is 9.38 Å². The Morgan fingerprint density at radius 1 is 1.18 bits per heavy atom. The van der Waals surface area contributed by atoms with E-state index in [0.29, 0.717) is 5.69 Å². The van der Waals surface area contributed by atoms with Crippen LogP contribution in [-0.2, 0) is 0 Å². The van der Waals surface area contributed by atoms with Crippen molar-refractivity contribution in [2.45, 2.75) is 9.92 Å². The normalized spacial score (nSPS) is 10.8. The standard InChI is InChI=1S/C12H10N4S/c13-9-8-14-5-4-10(9)17-12-3-1-2-11-15-6-7-16(11)12/h1-8H,13H2. The Labute approximate surface area is 103 Å². The molecule has 0 aliphatic carbocycles. The summed E-state index contributed by atoms with van der Waals surface area (Å²) in [5.41, 5.74) is 7.50. The minimum atomic E-state index is 0.689. The van der Waals surface area contributed by atoms with Crippen molar-refractivity contribution in [1.29, 1.82) is 0 Å². The summed E-state index contributed by atoms with van der Waals surface area (Å²) >= 11 is 1.61. The first kappa shape index (κ1) is 10.2. The molecule has 0 aliphatic heterocycles. The summed E-state index contributed by atoms with van der Waals surface area (Å²) in [6.07, 6.45) is 7.13. The fraction of sp³-hybridized carbons (Fsp3) is 0. The molecule has 0 atom stereocenters. The number of fused-ring (bicyclic) bond motifs is 1. The highest BCUT2D eigenvalue weighted by atomic mass is 32.2. The molecule has 0 saturated heterocycles. The Balaban J connectivity index is 2.06. The summed E-state index contributed by atoms with van der Waals surface area (Å²) in [7, 11) is 0. The van der Waals surface area contributed by atoms with Gasteiger partial charge in [0.1, 0.15) is 5.65 Å². The first-order valence-corrected chi connectivity index (χ1v) is 5.96. The van der Waals surface area contributed by atoms with Crippen LogP contribution >= 0.6 is 11.8 Å². The summed E-state index contributed by atoms with van der Waals surface area (Å²) in [6.45, 7) is 0. The highest BCUT2D eigenvalue weighted by Crippen LogP contribution is 2.31. The zero-order valence-corrected chi connectivity index (χ0v) is 9.76. The fourth-order valence-electron chi connectivity index (χ4n) is 1.60. The lowest BCUT2D eigenvalue weighted by molar-refractivity contribution is 1.02. The molecule has 0 fully saturated rings. The molecule has 3 aromatic rings. The molecule has 0 radical (unpaired) electrons. The molecule has 3 aromatic heterocycles.